The van der Waals surface area contributed by atoms with Gasteiger partial charge in [0.25, 0.3) is 0 Å². The summed E-state index contributed by atoms with van der Waals surface area (Å²) in [5.74, 6) is 1.13. The van der Waals surface area contributed by atoms with Gasteiger partial charge in [0.1, 0.15) is 29.8 Å². The molecule has 2 saturated carbocycles. The molecule has 0 saturated heterocycles. The molecular weight excluding hydrogens is 618 g/mol. The number of aryl methyl sites for hydroxylation is 1. The topological polar surface area (TPSA) is 140 Å². The average molecular weight is 666 g/mol. The second kappa shape index (κ2) is 16.0. The van der Waals surface area contributed by atoms with Crippen molar-refractivity contribution in [2.45, 2.75) is 119 Å². The normalized spacial score (nSPS) is 18.6. The van der Waals surface area contributed by atoms with Gasteiger partial charge < -0.3 is 30.3 Å². The SMILES string of the molecule is C[C@@H](CCCC(=O)CC[C@H](O)[C@@H](O)[C@H](O)[C@H](O)CO)c1ccc(Cl)c(CCC2(c3cnccc3-c3ccccc3OC3CC3)CC2)c1. The molecule has 5 atom stereocenters. The molecule has 47 heavy (non-hydrogen) atoms. The van der Waals surface area contributed by atoms with Gasteiger partial charge in [-0.1, -0.05) is 48.9 Å². The lowest BCUT2D eigenvalue weighted by Gasteiger charge is -2.25. The fourth-order valence-electron chi connectivity index (χ4n) is 6.42. The monoisotopic (exact) mass is 665 g/mol. The zero-order valence-corrected chi connectivity index (χ0v) is 27.9. The van der Waals surface area contributed by atoms with Crippen LogP contribution in [0.5, 0.6) is 5.75 Å². The molecule has 9 heteroatoms. The zero-order chi connectivity index (χ0) is 33.6. The number of aromatic nitrogens is 1. The molecule has 0 amide bonds. The van der Waals surface area contributed by atoms with E-state index in [-0.39, 0.29) is 30.0 Å². The third-order valence-corrected chi connectivity index (χ3v) is 10.3. The Balaban J connectivity index is 1.15. The van der Waals surface area contributed by atoms with Gasteiger partial charge in [0.05, 0.1) is 18.8 Å². The molecule has 3 aromatic rings. The first kappa shape index (κ1) is 35.5. The van der Waals surface area contributed by atoms with E-state index in [9.17, 15) is 25.2 Å². The van der Waals surface area contributed by atoms with Crippen LogP contribution in [0.2, 0.25) is 5.02 Å². The molecule has 0 aliphatic heterocycles. The minimum Gasteiger partial charge on any atom is -0.490 e. The van der Waals surface area contributed by atoms with Gasteiger partial charge in [-0.25, -0.2) is 0 Å². The van der Waals surface area contributed by atoms with Crippen LogP contribution in [0, 0.1) is 0 Å². The number of halogens is 1. The number of pyridine rings is 1. The van der Waals surface area contributed by atoms with Crippen molar-refractivity contribution in [1.29, 1.82) is 0 Å². The number of rotatable bonds is 19. The van der Waals surface area contributed by atoms with E-state index in [1.165, 1.54) is 16.7 Å². The highest BCUT2D eigenvalue weighted by molar-refractivity contribution is 6.31. The molecule has 2 fully saturated rings. The molecule has 5 N–H and O–H groups in total. The molecule has 254 valence electrons. The first-order valence-corrected chi connectivity index (χ1v) is 17.3. The predicted octanol–water partition coefficient (Wildman–Crippen LogP) is 5.67. The Bertz CT molecular complexity index is 1490. The van der Waals surface area contributed by atoms with E-state index in [2.05, 4.69) is 48.3 Å². The molecule has 5 rings (SSSR count). The third kappa shape index (κ3) is 9.19. The largest absolute Gasteiger partial charge is 0.490 e. The molecule has 0 spiro atoms. The molecule has 2 aliphatic carbocycles. The fourth-order valence-corrected chi connectivity index (χ4v) is 6.63. The Labute approximate surface area is 282 Å². The number of ketones is 1. The second-order valence-electron chi connectivity index (χ2n) is 13.5. The number of carbonyl (C=O) groups excluding carboxylic acids is 1. The summed E-state index contributed by atoms with van der Waals surface area (Å²) in [4.78, 5) is 17.0. The van der Waals surface area contributed by atoms with E-state index >= 15 is 0 Å². The summed E-state index contributed by atoms with van der Waals surface area (Å²) in [5, 5.41) is 49.0. The lowest BCUT2D eigenvalue weighted by Crippen LogP contribution is -2.45. The number of ether oxygens (including phenoxy) is 1. The maximum absolute atomic E-state index is 12.5. The predicted molar refractivity (Wildman–Crippen MR) is 182 cm³/mol. The van der Waals surface area contributed by atoms with Gasteiger partial charge in [0.15, 0.2) is 0 Å². The van der Waals surface area contributed by atoms with Crippen molar-refractivity contribution in [2.24, 2.45) is 0 Å². The molecule has 0 unspecified atom stereocenters. The lowest BCUT2D eigenvalue weighted by molar-refractivity contribution is -0.125. The first-order valence-electron chi connectivity index (χ1n) is 17.0. The zero-order valence-electron chi connectivity index (χ0n) is 27.1. The van der Waals surface area contributed by atoms with Gasteiger partial charge >= 0.3 is 0 Å². The number of aliphatic hydroxyl groups is 5. The maximum Gasteiger partial charge on any atom is 0.133 e. The van der Waals surface area contributed by atoms with Gasteiger partial charge in [-0.3, -0.25) is 9.78 Å². The highest BCUT2D eigenvalue weighted by Gasteiger charge is 2.45. The maximum atomic E-state index is 12.5. The van der Waals surface area contributed by atoms with Gasteiger partial charge in [-0.2, -0.15) is 0 Å². The van der Waals surface area contributed by atoms with Crippen LogP contribution in [0.3, 0.4) is 0 Å². The molecule has 1 heterocycles. The average Bonchev–Trinajstić information content (AvgIpc) is 4.03. The van der Waals surface area contributed by atoms with Gasteiger partial charge in [0.2, 0.25) is 0 Å². The Morgan fingerprint density at radius 1 is 0.979 bits per heavy atom. The molecule has 8 nitrogen and oxygen atoms in total. The van der Waals surface area contributed by atoms with E-state index in [4.69, 9.17) is 21.4 Å². The van der Waals surface area contributed by atoms with Crippen LogP contribution in [0.15, 0.2) is 60.9 Å². The summed E-state index contributed by atoms with van der Waals surface area (Å²) in [6.45, 7) is 1.41. The van der Waals surface area contributed by atoms with Crippen LogP contribution in [0.4, 0.5) is 0 Å². The van der Waals surface area contributed by atoms with Gasteiger partial charge in [-0.05, 0) is 110 Å². The minimum absolute atomic E-state index is 0.0336. The van der Waals surface area contributed by atoms with Gasteiger partial charge in [0, 0.05) is 35.8 Å². The number of hydrogen-bond acceptors (Lipinski definition) is 8. The standard InChI is InChI=1S/C38H48ClNO7/c1-24(5-4-6-27(42)10-14-33(43)36(45)37(46)34(44)23-41)25-9-13-32(39)26(21-25)15-17-38(18-19-38)31-22-40-20-16-29(31)30-7-2-3-8-35(30)47-28-11-12-28/h2-3,7-9,13,16,20-22,24,28,33-34,36-37,41,43-46H,4-6,10-12,14-15,17-19,23H2,1H3/t24-,33-,34+,36+,37+/m0/s1. The Morgan fingerprint density at radius 3 is 2.45 bits per heavy atom. The van der Waals surface area contributed by atoms with Crippen molar-refractivity contribution in [3.05, 3.63) is 82.6 Å². The molecule has 0 bridgehead atoms. The Morgan fingerprint density at radius 2 is 1.72 bits per heavy atom. The van der Waals surface area contributed by atoms with E-state index in [1.54, 1.807) is 0 Å². The number of benzene rings is 2. The number of carbonyl (C=O) groups is 1. The summed E-state index contributed by atoms with van der Waals surface area (Å²) in [7, 11) is 0. The number of para-hydroxylation sites is 1. The number of nitrogens with zero attached hydrogens (tertiary/aromatic N) is 1. The number of hydrogen-bond donors (Lipinski definition) is 5. The van der Waals surface area contributed by atoms with Crippen molar-refractivity contribution in [1.82, 2.24) is 4.98 Å². The summed E-state index contributed by atoms with van der Waals surface area (Å²) in [6, 6.07) is 16.7. The van der Waals surface area contributed by atoms with Crippen molar-refractivity contribution in [3.8, 4) is 16.9 Å². The van der Waals surface area contributed by atoms with Crippen LogP contribution < -0.4 is 4.74 Å². The van der Waals surface area contributed by atoms with E-state index in [0.29, 0.717) is 18.9 Å². The minimum atomic E-state index is -1.69. The van der Waals surface area contributed by atoms with Gasteiger partial charge in [-0.15, -0.1) is 0 Å². The molecule has 2 aromatic carbocycles. The third-order valence-electron chi connectivity index (χ3n) is 9.89. The lowest BCUT2D eigenvalue weighted by atomic mass is 9.84. The first-order chi connectivity index (χ1) is 22.6. The van der Waals surface area contributed by atoms with Crippen molar-refractivity contribution >= 4 is 17.4 Å². The highest BCUT2D eigenvalue weighted by atomic mass is 35.5. The summed E-state index contributed by atoms with van der Waals surface area (Å²) >= 11 is 6.72. The molecule has 2 aliphatic rings. The number of Topliss-reactive ketones (excluding diaryl/α,β-unsaturated/α-hetero) is 1. The summed E-state index contributed by atoms with van der Waals surface area (Å²) in [5.41, 5.74) is 5.97. The molecule has 0 radical (unpaired) electrons. The smallest absolute Gasteiger partial charge is 0.133 e. The summed E-state index contributed by atoms with van der Waals surface area (Å²) in [6.07, 6.45) is 6.08. The second-order valence-corrected chi connectivity index (χ2v) is 13.9. The molecule has 1 aromatic heterocycles. The van der Waals surface area contributed by atoms with Crippen LogP contribution in [0.1, 0.15) is 93.7 Å². The van der Waals surface area contributed by atoms with Crippen LogP contribution in [-0.2, 0) is 16.6 Å². The van der Waals surface area contributed by atoms with Crippen molar-refractivity contribution in [2.75, 3.05) is 6.61 Å². The van der Waals surface area contributed by atoms with Crippen LogP contribution in [0.25, 0.3) is 11.1 Å². The van der Waals surface area contributed by atoms with Crippen LogP contribution >= 0.6 is 11.6 Å². The Hall–Kier alpha value is -2.85. The number of aliphatic hydroxyl groups excluding tert-OH is 5. The Kier molecular flexibility index (Phi) is 12.1. The van der Waals surface area contributed by atoms with E-state index < -0.39 is 31.0 Å². The van der Waals surface area contributed by atoms with Crippen molar-refractivity contribution < 1.29 is 35.1 Å². The van der Waals surface area contributed by atoms with Crippen molar-refractivity contribution in [3.63, 3.8) is 0 Å². The highest BCUT2D eigenvalue weighted by Crippen LogP contribution is 2.55. The van der Waals surface area contributed by atoms with Crippen LogP contribution in [-0.4, -0.2) is 73.4 Å². The quantitative estimate of drug-likeness (QED) is 0.110. The summed E-state index contributed by atoms with van der Waals surface area (Å²) < 4.78 is 6.27. The fraction of sp³-hybridized carbons (Fsp3) is 0.526. The van der Waals surface area contributed by atoms with E-state index in [0.717, 1.165) is 66.8 Å². The molecular formula is C38H48ClNO7. The van der Waals surface area contributed by atoms with E-state index in [1.807, 2.05) is 24.5 Å².